The van der Waals surface area contributed by atoms with Crippen molar-refractivity contribution in [1.82, 2.24) is 20.0 Å². The molecule has 1 fully saturated rings. The molecule has 0 aromatic carbocycles. The summed E-state index contributed by atoms with van der Waals surface area (Å²) < 4.78 is 2.10. The van der Waals surface area contributed by atoms with E-state index in [1.54, 1.807) is 0 Å². The minimum Gasteiger partial charge on any atom is -0.343 e. The Hall–Kier alpha value is -1.36. The van der Waals surface area contributed by atoms with Crippen LogP contribution in [0.1, 0.15) is 50.1 Å². The molecule has 0 aliphatic carbocycles. The number of rotatable bonds is 6. The average molecular weight is 320 g/mol. The van der Waals surface area contributed by atoms with Gasteiger partial charge in [-0.3, -0.25) is 9.48 Å². The van der Waals surface area contributed by atoms with Crippen molar-refractivity contribution in [3.8, 4) is 0 Å². The van der Waals surface area contributed by atoms with Crippen LogP contribution in [-0.4, -0.2) is 46.8 Å². The standard InChI is InChI=1S/C18H32N4O/c1-13(2)12-22-15(4)17(14(3)20-22)6-7-18(23)21-10-8-16(19-5)9-11-21/h13,16,19H,6-12H2,1-5H3. The summed E-state index contributed by atoms with van der Waals surface area (Å²) in [5, 5.41) is 7.95. The molecule has 0 spiro atoms. The molecule has 130 valence electrons. The van der Waals surface area contributed by atoms with Crippen LogP contribution >= 0.6 is 0 Å². The number of aryl methyl sites for hydroxylation is 1. The highest BCUT2D eigenvalue weighted by Crippen LogP contribution is 2.18. The van der Waals surface area contributed by atoms with Crippen molar-refractivity contribution in [3.05, 3.63) is 17.0 Å². The maximum atomic E-state index is 12.5. The van der Waals surface area contributed by atoms with Crippen LogP contribution in [0.15, 0.2) is 0 Å². The summed E-state index contributed by atoms with van der Waals surface area (Å²) >= 11 is 0. The maximum Gasteiger partial charge on any atom is 0.222 e. The molecule has 2 heterocycles. The number of aromatic nitrogens is 2. The molecule has 1 N–H and O–H groups in total. The first-order valence-electron chi connectivity index (χ1n) is 8.90. The molecule has 0 radical (unpaired) electrons. The van der Waals surface area contributed by atoms with E-state index in [-0.39, 0.29) is 5.91 Å². The lowest BCUT2D eigenvalue weighted by Gasteiger charge is -2.31. The van der Waals surface area contributed by atoms with Gasteiger partial charge in [0.1, 0.15) is 0 Å². The van der Waals surface area contributed by atoms with E-state index < -0.39 is 0 Å². The molecule has 0 bridgehead atoms. The molecular formula is C18H32N4O. The van der Waals surface area contributed by atoms with Crippen LogP contribution in [0, 0.1) is 19.8 Å². The van der Waals surface area contributed by atoms with E-state index in [0.29, 0.717) is 18.4 Å². The third-order valence-corrected chi connectivity index (χ3v) is 4.91. The molecule has 1 aromatic rings. The number of hydrogen-bond acceptors (Lipinski definition) is 3. The zero-order chi connectivity index (χ0) is 17.0. The fraction of sp³-hybridized carbons (Fsp3) is 0.778. The molecule has 0 unspecified atom stereocenters. The fourth-order valence-electron chi connectivity index (χ4n) is 3.43. The van der Waals surface area contributed by atoms with Gasteiger partial charge in [-0.25, -0.2) is 0 Å². The maximum absolute atomic E-state index is 12.5. The number of hydrogen-bond donors (Lipinski definition) is 1. The van der Waals surface area contributed by atoms with Crippen molar-refractivity contribution in [1.29, 1.82) is 0 Å². The first-order chi connectivity index (χ1) is 10.9. The number of carbonyl (C=O) groups excluding carboxylic acids is 1. The smallest absolute Gasteiger partial charge is 0.222 e. The zero-order valence-corrected chi connectivity index (χ0v) is 15.4. The Kier molecular flexibility index (Phi) is 6.22. The summed E-state index contributed by atoms with van der Waals surface area (Å²) in [5.74, 6) is 0.867. The Labute approximate surface area is 140 Å². The van der Waals surface area contributed by atoms with Crippen molar-refractivity contribution in [2.75, 3.05) is 20.1 Å². The highest BCUT2D eigenvalue weighted by Gasteiger charge is 2.22. The lowest BCUT2D eigenvalue weighted by Crippen LogP contribution is -2.44. The SMILES string of the molecule is CNC1CCN(C(=O)CCc2c(C)nn(CC(C)C)c2C)CC1. The van der Waals surface area contributed by atoms with Gasteiger partial charge in [0, 0.05) is 37.8 Å². The van der Waals surface area contributed by atoms with Gasteiger partial charge in [0.15, 0.2) is 0 Å². The summed E-state index contributed by atoms with van der Waals surface area (Å²) in [6.07, 6.45) is 3.53. The molecule has 1 aliphatic heterocycles. The number of nitrogens with zero attached hydrogens (tertiary/aromatic N) is 3. The second kappa shape index (κ2) is 7.95. The number of likely N-dealkylation sites (tertiary alicyclic amines) is 1. The van der Waals surface area contributed by atoms with Crippen LogP contribution in [0.4, 0.5) is 0 Å². The predicted molar refractivity (Wildman–Crippen MR) is 93.5 cm³/mol. The van der Waals surface area contributed by atoms with Crippen LogP contribution in [0.2, 0.25) is 0 Å². The van der Waals surface area contributed by atoms with E-state index >= 15 is 0 Å². The molecular weight excluding hydrogens is 288 g/mol. The summed E-state index contributed by atoms with van der Waals surface area (Å²) in [4.78, 5) is 14.5. The molecule has 1 amide bonds. The van der Waals surface area contributed by atoms with Crippen molar-refractivity contribution >= 4 is 5.91 Å². The van der Waals surface area contributed by atoms with Gasteiger partial charge >= 0.3 is 0 Å². The molecule has 2 rings (SSSR count). The Bertz CT molecular complexity index is 527. The van der Waals surface area contributed by atoms with Gasteiger partial charge in [-0.1, -0.05) is 13.8 Å². The van der Waals surface area contributed by atoms with Crippen molar-refractivity contribution in [2.24, 2.45) is 5.92 Å². The topological polar surface area (TPSA) is 50.2 Å². The molecule has 1 saturated heterocycles. The largest absolute Gasteiger partial charge is 0.343 e. The average Bonchev–Trinajstić information content (AvgIpc) is 2.78. The van der Waals surface area contributed by atoms with Gasteiger partial charge in [-0.05, 0) is 51.6 Å². The summed E-state index contributed by atoms with van der Waals surface area (Å²) in [7, 11) is 2.00. The van der Waals surface area contributed by atoms with Crippen LogP contribution in [0.5, 0.6) is 0 Å². The first-order valence-corrected chi connectivity index (χ1v) is 8.90. The van der Waals surface area contributed by atoms with E-state index in [9.17, 15) is 4.79 Å². The van der Waals surface area contributed by atoms with Crippen molar-refractivity contribution < 1.29 is 4.79 Å². The second-order valence-corrected chi connectivity index (χ2v) is 7.17. The second-order valence-electron chi connectivity index (χ2n) is 7.17. The van der Waals surface area contributed by atoms with Crippen LogP contribution in [0.25, 0.3) is 0 Å². The van der Waals surface area contributed by atoms with Crippen molar-refractivity contribution in [3.63, 3.8) is 0 Å². The van der Waals surface area contributed by atoms with Gasteiger partial charge in [0.2, 0.25) is 5.91 Å². The molecule has 1 aliphatic rings. The number of piperidine rings is 1. The third-order valence-electron chi connectivity index (χ3n) is 4.91. The normalized spacial score (nSPS) is 16.3. The first kappa shape index (κ1) is 18.0. The van der Waals surface area contributed by atoms with Gasteiger partial charge in [-0.2, -0.15) is 5.10 Å². The van der Waals surface area contributed by atoms with Crippen LogP contribution in [-0.2, 0) is 17.8 Å². The minimum absolute atomic E-state index is 0.287. The van der Waals surface area contributed by atoms with Crippen LogP contribution in [0.3, 0.4) is 0 Å². The summed E-state index contributed by atoms with van der Waals surface area (Å²) in [6.45, 7) is 11.3. The Morgan fingerprint density at radius 2 is 1.96 bits per heavy atom. The van der Waals surface area contributed by atoms with Gasteiger partial charge < -0.3 is 10.2 Å². The highest BCUT2D eigenvalue weighted by atomic mass is 16.2. The zero-order valence-electron chi connectivity index (χ0n) is 15.4. The third kappa shape index (κ3) is 4.56. The predicted octanol–water partition coefficient (Wildman–Crippen LogP) is 2.30. The molecule has 0 atom stereocenters. The van der Waals surface area contributed by atoms with E-state index in [4.69, 9.17) is 0 Å². The van der Waals surface area contributed by atoms with Gasteiger partial charge in [-0.15, -0.1) is 0 Å². The summed E-state index contributed by atoms with van der Waals surface area (Å²) in [6, 6.07) is 0.567. The van der Waals surface area contributed by atoms with E-state index in [0.717, 1.165) is 44.6 Å². The Balaban J connectivity index is 1.91. The lowest BCUT2D eigenvalue weighted by atomic mass is 10.0. The minimum atomic E-state index is 0.287. The monoisotopic (exact) mass is 320 g/mol. The molecule has 5 nitrogen and oxygen atoms in total. The lowest BCUT2D eigenvalue weighted by molar-refractivity contribution is -0.132. The fourth-order valence-corrected chi connectivity index (χ4v) is 3.43. The van der Waals surface area contributed by atoms with Gasteiger partial charge in [0.05, 0.1) is 5.69 Å². The van der Waals surface area contributed by atoms with Crippen molar-refractivity contribution in [2.45, 2.75) is 66.0 Å². The van der Waals surface area contributed by atoms with E-state index in [1.165, 1.54) is 11.3 Å². The van der Waals surface area contributed by atoms with Crippen LogP contribution < -0.4 is 5.32 Å². The number of nitrogens with one attached hydrogen (secondary N) is 1. The molecule has 23 heavy (non-hydrogen) atoms. The number of carbonyl (C=O) groups is 1. The number of amides is 1. The Morgan fingerprint density at radius 1 is 1.30 bits per heavy atom. The Morgan fingerprint density at radius 3 is 2.52 bits per heavy atom. The van der Waals surface area contributed by atoms with E-state index in [2.05, 4.69) is 42.8 Å². The molecule has 0 saturated carbocycles. The highest BCUT2D eigenvalue weighted by molar-refractivity contribution is 5.76. The van der Waals surface area contributed by atoms with Gasteiger partial charge in [0.25, 0.3) is 0 Å². The molecule has 1 aromatic heterocycles. The van der Waals surface area contributed by atoms with E-state index in [1.807, 2.05) is 11.9 Å². The summed E-state index contributed by atoms with van der Waals surface area (Å²) in [5.41, 5.74) is 3.55. The quantitative estimate of drug-likeness (QED) is 0.875. The molecule has 5 heteroatoms.